The van der Waals surface area contributed by atoms with Crippen LogP contribution >= 0.6 is 0 Å². The molecule has 0 bridgehead atoms. The average Bonchev–Trinajstić information content (AvgIpc) is 2.66. The van der Waals surface area contributed by atoms with Crippen molar-refractivity contribution < 1.29 is 19.1 Å². The van der Waals surface area contributed by atoms with Gasteiger partial charge in [0.05, 0.1) is 12.2 Å². The van der Waals surface area contributed by atoms with Crippen LogP contribution in [0.2, 0.25) is 0 Å². The van der Waals surface area contributed by atoms with E-state index in [4.69, 9.17) is 9.47 Å². The smallest absolute Gasteiger partial charge is 0.338 e. The second-order valence-corrected chi connectivity index (χ2v) is 6.04. The van der Waals surface area contributed by atoms with Crippen LogP contribution in [0, 0.1) is 5.92 Å². The Morgan fingerprint density at radius 3 is 2.00 bits per heavy atom. The minimum atomic E-state index is -0.298. The molecule has 0 aliphatic rings. The summed E-state index contributed by atoms with van der Waals surface area (Å²) in [6.07, 6.45) is 1.33. The van der Waals surface area contributed by atoms with Crippen molar-refractivity contribution in [3.05, 3.63) is 54.1 Å². The zero-order chi connectivity index (χ0) is 18.2. The van der Waals surface area contributed by atoms with Gasteiger partial charge in [-0.15, -0.1) is 0 Å². The number of ether oxygens (including phenoxy) is 2. The monoisotopic (exact) mass is 340 g/mol. The summed E-state index contributed by atoms with van der Waals surface area (Å²) in [6.45, 7) is 6.32. The molecule has 25 heavy (non-hydrogen) atoms. The van der Waals surface area contributed by atoms with Gasteiger partial charge < -0.3 is 9.47 Å². The van der Waals surface area contributed by atoms with Crippen LogP contribution < -0.4 is 4.74 Å². The summed E-state index contributed by atoms with van der Waals surface area (Å²) in [7, 11) is 0. The maximum atomic E-state index is 12.0. The molecule has 0 fully saturated rings. The van der Waals surface area contributed by atoms with Crippen LogP contribution in [-0.4, -0.2) is 18.5 Å². The van der Waals surface area contributed by atoms with E-state index in [2.05, 4.69) is 13.8 Å². The molecular weight excluding hydrogens is 316 g/mol. The van der Waals surface area contributed by atoms with Gasteiger partial charge in [-0.1, -0.05) is 51.5 Å². The van der Waals surface area contributed by atoms with Gasteiger partial charge in [-0.25, -0.2) is 4.79 Å². The van der Waals surface area contributed by atoms with Crippen molar-refractivity contribution in [3.8, 4) is 16.9 Å². The number of esters is 2. The number of hydrogen-bond donors (Lipinski definition) is 0. The fraction of sp³-hybridized carbons (Fsp3) is 0.333. The Balaban J connectivity index is 2.01. The lowest BCUT2D eigenvalue weighted by Gasteiger charge is -2.10. The molecule has 0 aromatic heterocycles. The number of hydrogen-bond acceptors (Lipinski definition) is 4. The molecule has 2 aromatic rings. The summed E-state index contributed by atoms with van der Waals surface area (Å²) < 4.78 is 10.5. The Morgan fingerprint density at radius 1 is 0.920 bits per heavy atom. The van der Waals surface area contributed by atoms with Gasteiger partial charge in [0.15, 0.2) is 0 Å². The van der Waals surface area contributed by atoms with E-state index < -0.39 is 0 Å². The normalized spacial score (nSPS) is 11.6. The predicted molar refractivity (Wildman–Crippen MR) is 97.5 cm³/mol. The van der Waals surface area contributed by atoms with Gasteiger partial charge in [-0.3, -0.25) is 4.79 Å². The summed E-state index contributed by atoms with van der Waals surface area (Å²) in [4.78, 5) is 23.3. The first-order valence-electron chi connectivity index (χ1n) is 8.61. The summed E-state index contributed by atoms with van der Waals surface area (Å²) in [5, 5.41) is 0. The summed E-state index contributed by atoms with van der Waals surface area (Å²) in [6, 6.07) is 14.6. The van der Waals surface area contributed by atoms with Crippen molar-refractivity contribution in [2.45, 2.75) is 33.6 Å². The van der Waals surface area contributed by atoms with Gasteiger partial charge in [-0.2, -0.15) is 0 Å². The molecule has 0 radical (unpaired) electrons. The third kappa shape index (κ3) is 5.45. The molecule has 0 heterocycles. The molecule has 2 rings (SSSR count). The fourth-order valence-corrected chi connectivity index (χ4v) is 2.14. The van der Waals surface area contributed by atoms with Gasteiger partial charge in [0.1, 0.15) is 5.75 Å². The van der Waals surface area contributed by atoms with Gasteiger partial charge >= 0.3 is 11.9 Å². The topological polar surface area (TPSA) is 52.6 Å². The highest BCUT2D eigenvalue weighted by atomic mass is 16.5. The highest BCUT2D eigenvalue weighted by Gasteiger charge is 2.09. The molecule has 4 heteroatoms. The molecule has 0 aliphatic carbocycles. The van der Waals surface area contributed by atoms with E-state index in [0.717, 1.165) is 17.5 Å². The maximum Gasteiger partial charge on any atom is 0.338 e. The van der Waals surface area contributed by atoms with Crippen molar-refractivity contribution in [3.63, 3.8) is 0 Å². The van der Waals surface area contributed by atoms with Crippen LogP contribution in [0.4, 0.5) is 0 Å². The fourth-order valence-electron chi connectivity index (χ4n) is 2.14. The van der Waals surface area contributed by atoms with E-state index in [-0.39, 0.29) is 11.9 Å². The van der Waals surface area contributed by atoms with E-state index >= 15 is 0 Å². The van der Waals surface area contributed by atoms with Crippen molar-refractivity contribution >= 4 is 11.9 Å². The minimum absolute atomic E-state index is 0.256. The van der Waals surface area contributed by atoms with Crippen LogP contribution in [0.15, 0.2) is 48.5 Å². The molecule has 132 valence electrons. The SMILES string of the molecule is CCC(=O)Oc1ccc(-c2ccc(C(=O)OCC(C)CC)cc2)cc1. The Kier molecular flexibility index (Phi) is 6.75. The zero-order valence-electron chi connectivity index (χ0n) is 15.0. The van der Waals surface area contributed by atoms with Crippen LogP contribution in [0.5, 0.6) is 5.75 Å². The van der Waals surface area contributed by atoms with E-state index in [1.165, 1.54) is 0 Å². The second-order valence-electron chi connectivity index (χ2n) is 6.04. The second kappa shape index (κ2) is 9.02. The van der Waals surface area contributed by atoms with Gasteiger partial charge in [0, 0.05) is 6.42 Å². The summed E-state index contributed by atoms with van der Waals surface area (Å²) in [5.41, 5.74) is 2.50. The third-order valence-electron chi connectivity index (χ3n) is 4.02. The molecule has 0 N–H and O–H groups in total. The standard InChI is InChI=1S/C21H24O4/c1-4-15(3)14-24-21(23)18-8-6-16(7-9-18)17-10-12-19(13-11-17)25-20(22)5-2/h6-13,15H,4-5,14H2,1-3H3. The average molecular weight is 340 g/mol. The number of rotatable bonds is 7. The quantitative estimate of drug-likeness (QED) is 0.533. The number of carbonyl (C=O) groups is 2. The van der Waals surface area contributed by atoms with Crippen molar-refractivity contribution in [1.82, 2.24) is 0 Å². The Morgan fingerprint density at radius 2 is 1.48 bits per heavy atom. The number of benzene rings is 2. The predicted octanol–water partition coefficient (Wildman–Crippen LogP) is 4.87. The van der Waals surface area contributed by atoms with Crippen molar-refractivity contribution in [2.75, 3.05) is 6.61 Å². The van der Waals surface area contributed by atoms with E-state index in [1.807, 2.05) is 24.3 Å². The molecule has 0 saturated heterocycles. The molecule has 0 saturated carbocycles. The van der Waals surface area contributed by atoms with Crippen LogP contribution in [0.1, 0.15) is 44.0 Å². The largest absolute Gasteiger partial charge is 0.462 e. The number of carbonyl (C=O) groups excluding carboxylic acids is 2. The Labute approximate surface area is 148 Å². The Hall–Kier alpha value is -2.62. The highest BCUT2D eigenvalue weighted by Crippen LogP contribution is 2.23. The van der Waals surface area contributed by atoms with E-state index in [0.29, 0.717) is 30.3 Å². The van der Waals surface area contributed by atoms with Crippen molar-refractivity contribution in [1.29, 1.82) is 0 Å². The molecule has 2 aromatic carbocycles. The van der Waals surface area contributed by atoms with Gasteiger partial charge in [-0.05, 0) is 41.3 Å². The molecule has 4 nitrogen and oxygen atoms in total. The third-order valence-corrected chi connectivity index (χ3v) is 4.02. The molecule has 0 aliphatic heterocycles. The molecule has 0 amide bonds. The lowest BCUT2D eigenvalue weighted by molar-refractivity contribution is -0.134. The van der Waals surface area contributed by atoms with Crippen molar-refractivity contribution in [2.24, 2.45) is 5.92 Å². The zero-order valence-corrected chi connectivity index (χ0v) is 15.0. The summed E-state index contributed by atoms with van der Waals surface area (Å²) in [5.74, 6) is 0.339. The van der Waals surface area contributed by atoms with Crippen LogP contribution in [0.3, 0.4) is 0 Å². The highest BCUT2D eigenvalue weighted by molar-refractivity contribution is 5.90. The molecule has 1 unspecified atom stereocenters. The molecule has 0 spiro atoms. The van der Waals surface area contributed by atoms with Gasteiger partial charge in [0.2, 0.25) is 0 Å². The molecular formula is C21H24O4. The first kappa shape index (κ1) is 18.7. The molecule has 1 atom stereocenters. The summed E-state index contributed by atoms with van der Waals surface area (Å²) >= 11 is 0. The first-order chi connectivity index (χ1) is 12.0. The van der Waals surface area contributed by atoms with E-state index in [1.54, 1.807) is 31.2 Å². The van der Waals surface area contributed by atoms with Crippen LogP contribution in [0.25, 0.3) is 11.1 Å². The maximum absolute atomic E-state index is 12.0. The Bertz CT molecular complexity index is 702. The lowest BCUT2D eigenvalue weighted by atomic mass is 10.0. The lowest BCUT2D eigenvalue weighted by Crippen LogP contribution is -2.11. The van der Waals surface area contributed by atoms with Gasteiger partial charge in [0.25, 0.3) is 0 Å². The van der Waals surface area contributed by atoms with Crippen LogP contribution in [-0.2, 0) is 9.53 Å². The first-order valence-corrected chi connectivity index (χ1v) is 8.61. The van der Waals surface area contributed by atoms with E-state index in [9.17, 15) is 9.59 Å². The minimum Gasteiger partial charge on any atom is -0.462 e.